The minimum absolute atomic E-state index is 0.220. The highest BCUT2D eigenvalue weighted by Crippen LogP contribution is 2.21. The van der Waals surface area contributed by atoms with Crippen molar-refractivity contribution >= 4 is 11.7 Å². The van der Waals surface area contributed by atoms with Gasteiger partial charge in [0.2, 0.25) is 0 Å². The summed E-state index contributed by atoms with van der Waals surface area (Å²) in [6, 6.07) is 4.16. The molecule has 3 N–H and O–H groups in total. The van der Waals surface area contributed by atoms with Gasteiger partial charge in [0.25, 0.3) is 5.91 Å². The van der Waals surface area contributed by atoms with E-state index in [2.05, 4.69) is 27.3 Å². The monoisotopic (exact) mass is 249 g/mol. The van der Waals surface area contributed by atoms with Crippen LogP contribution in [-0.4, -0.2) is 41.8 Å². The summed E-state index contributed by atoms with van der Waals surface area (Å²) in [6.45, 7) is 3.02. The Morgan fingerprint density at radius 2 is 2.28 bits per heavy atom. The van der Waals surface area contributed by atoms with Crippen LogP contribution in [-0.2, 0) is 0 Å². The van der Waals surface area contributed by atoms with Gasteiger partial charge in [-0.15, -0.1) is 10.2 Å². The van der Waals surface area contributed by atoms with E-state index in [0.29, 0.717) is 11.7 Å². The fraction of sp³-hybridized carbons (Fsp3) is 0.583. The SMILES string of the molecule is CNC(=O)c1ccc(N2CCC(N)CC2C)nn1. The zero-order chi connectivity index (χ0) is 13.1. The van der Waals surface area contributed by atoms with Gasteiger partial charge in [-0.05, 0) is 31.9 Å². The number of nitrogens with zero attached hydrogens (tertiary/aromatic N) is 3. The molecular formula is C12H19N5O. The molecule has 0 bridgehead atoms. The van der Waals surface area contributed by atoms with Crippen LogP contribution < -0.4 is 16.0 Å². The third-order valence-electron chi connectivity index (χ3n) is 3.32. The second kappa shape index (κ2) is 5.30. The number of amides is 1. The lowest BCUT2D eigenvalue weighted by atomic mass is 9.99. The van der Waals surface area contributed by atoms with E-state index in [9.17, 15) is 4.79 Å². The molecule has 1 aromatic heterocycles. The first-order valence-corrected chi connectivity index (χ1v) is 6.20. The van der Waals surface area contributed by atoms with Crippen molar-refractivity contribution in [1.29, 1.82) is 0 Å². The van der Waals surface area contributed by atoms with Crippen LogP contribution in [0.1, 0.15) is 30.3 Å². The number of hydrogen-bond acceptors (Lipinski definition) is 5. The number of aromatic nitrogens is 2. The Bertz CT molecular complexity index is 419. The van der Waals surface area contributed by atoms with E-state index in [0.717, 1.165) is 25.2 Å². The molecule has 0 radical (unpaired) electrons. The molecule has 0 spiro atoms. The summed E-state index contributed by atoms with van der Waals surface area (Å²) in [7, 11) is 1.58. The lowest BCUT2D eigenvalue weighted by molar-refractivity contribution is 0.0957. The molecule has 1 fully saturated rings. The fourth-order valence-electron chi connectivity index (χ4n) is 2.28. The van der Waals surface area contributed by atoms with E-state index >= 15 is 0 Å². The van der Waals surface area contributed by atoms with Crippen LogP contribution in [0.3, 0.4) is 0 Å². The van der Waals surface area contributed by atoms with Crippen LogP contribution in [0.2, 0.25) is 0 Å². The summed E-state index contributed by atoms with van der Waals surface area (Å²) in [6.07, 6.45) is 1.92. The van der Waals surface area contributed by atoms with Crippen LogP contribution in [0.5, 0.6) is 0 Å². The van der Waals surface area contributed by atoms with Crippen LogP contribution in [0, 0.1) is 0 Å². The third kappa shape index (κ3) is 2.59. The molecule has 2 atom stereocenters. The van der Waals surface area contributed by atoms with Crippen molar-refractivity contribution < 1.29 is 4.79 Å². The summed E-state index contributed by atoms with van der Waals surface area (Å²) in [4.78, 5) is 13.5. The smallest absolute Gasteiger partial charge is 0.271 e. The molecule has 2 heterocycles. The normalized spacial score (nSPS) is 23.8. The van der Waals surface area contributed by atoms with Crippen molar-refractivity contribution in [2.75, 3.05) is 18.5 Å². The number of piperidine rings is 1. The molecular weight excluding hydrogens is 230 g/mol. The molecule has 1 saturated heterocycles. The highest BCUT2D eigenvalue weighted by molar-refractivity contribution is 5.91. The highest BCUT2D eigenvalue weighted by atomic mass is 16.1. The Morgan fingerprint density at radius 3 is 2.83 bits per heavy atom. The number of hydrogen-bond donors (Lipinski definition) is 2. The van der Waals surface area contributed by atoms with Gasteiger partial charge in [-0.3, -0.25) is 4.79 Å². The van der Waals surface area contributed by atoms with E-state index in [1.165, 1.54) is 0 Å². The molecule has 1 aromatic rings. The average Bonchev–Trinajstić information content (AvgIpc) is 2.38. The Hall–Kier alpha value is -1.69. The molecule has 2 rings (SSSR count). The van der Waals surface area contributed by atoms with Gasteiger partial charge in [0.1, 0.15) is 0 Å². The lowest BCUT2D eigenvalue weighted by Gasteiger charge is -2.36. The first kappa shape index (κ1) is 12.8. The molecule has 0 aliphatic carbocycles. The highest BCUT2D eigenvalue weighted by Gasteiger charge is 2.24. The summed E-state index contributed by atoms with van der Waals surface area (Å²) in [5.74, 6) is 0.588. The molecule has 1 aliphatic rings. The quantitative estimate of drug-likeness (QED) is 0.779. The van der Waals surface area contributed by atoms with Crippen molar-refractivity contribution in [1.82, 2.24) is 15.5 Å². The molecule has 6 heteroatoms. The second-order valence-corrected chi connectivity index (χ2v) is 4.68. The second-order valence-electron chi connectivity index (χ2n) is 4.68. The third-order valence-corrected chi connectivity index (χ3v) is 3.32. The number of carbonyl (C=O) groups is 1. The van der Waals surface area contributed by atoms with E-state index in [1.54, 1.807) is 13.1 Å². The predicted octanol–water partition coefficient (Wildman–Crippen LogP) is 0.152. The van der Waals surface area contributed by atoms with Gasteiger partial charge >= 0.3 is 0 Å². The standard InChI is InChI=1S/C12H19N5O/c1-8-7-9(13)5-6-17(8)11-4-3-10(15-16-11)12(18)14-2/h3-4,8-9H,5-7,13H2,1-2H3,(H,14,18). The maximum atomic E-state index is 11.4. The number of anilines is 1. The van der Waals surface area contributed by atoms with E-state index in [-0.39, 0.29) is 11.9 Å². The molecule has 18 heavy (non-hydrogen) atoms. The molecule has 1 amide bonds. The van der Waals surface area contributed by atoms with Gasteiger partial charge in [0.05, 0.1) is 0 Å². The zero-order valence-electron chi connectivity index (χ0n) is 10.8. The number of nitrogens with one attached hydrogen (secondary N) is 1. The van der Waals surface area contributed by atoms with E-state index in [1.807, 2.05) is 6.07 Å². The van der Waals surface area contributed by atoms with E-state index < -0.39 is 0 Å². The van der Waals surface area contributed by atoms with Crippen LogP contribution in [0.15, 0.2) is 12.1 Å². The maximum absolute atomic E-state index is 11.4. The minimum atomic E-state index is -0.220. The van der Waals surface area contributed by atoms with Crippen molar-refractivity contribution in [3.05, 3.63) is 17.8 Å². The summed E-state index contributed by atoms with van der Waals surface area (Å²) < 4.78 is 0. The van der Waals surface area contributed by atoms with Crippen molar-refractivity contribution in [2.24, 2.45) is 5.73 Å². The van der Waals surface area contributed by atoms with Crippen LogP contribution in [0.25, 0.3) is 0 Å². The first-order chi connectivity index (χ1) is 8.61. The summed E-state index contributed by atoms with van der Waals surface area (Å²) in [5.41, 5.74) is 6.27. The van der Waals surface area contributed by atoms with E-state index in [4.69, 9.17) is 5.73 Å². The van der Waals surface area contributed by atoms with Gasteiger partial charge in [-0.1, -0.05) is 0 Å². The van der Waals surface area contributed by atoms with Gasteiger partial charge in [0.15, 0.2) is 11.5 Å². The van der Waals surface area contributed by atoms with Crippen LogP contribution in [0.4, 0.5) is 5.82 Å². The number of nitrogens with two attached hydrogens (primary N) is 1. The molecule has 0 saturated carbocycles. The summed E-state index contributed by atoms with van der Waals surface area (Å²) in [5, 5.41) is 10.6. The molecule has 6 nitrogen and oxygen atoms in total. The van der Waals surface area contributed by atoms with Gasteiger partial charge in [-0.2, -0.15) is 0 Å². The number of carbonyl (C=O) groups excluding carboxylic acids is 1. The van der Waals surface area contributed by atoms with Crippen molar-refractivity contribution in [3.8, 4) is 0 Å². The van der Waals surface area contributed by atoms with Gasteiger partial charge < -0.3 is 16.0 Å². The van der Waals surface area contributed by atoms with Gasteiger partial charge in [-0.25, -0.2) is 0 Å². The predicted molar refractivity (Wildman–Crippen MR) is 69.4 cm³/mol. The summed E-state index contributed by atoms with van der Waals surface area (Å²) >= 11 is 0. The lowest BCUT2D eigenvalue weighted by Crippen LogP contribution is -2.46. The maximum Gasteiger partial charge on any atom is 0.271 e. The van der Waals surface area contributed by atoms with Gasteiger partial charge in [0, 0.05) is 25.7 Å². The first-order valence-electron chi connectivity index (χ1n) is 6.20. The van der Waals surface area contributed by atoms with Crippen LogP contribution >= 0.6 is 0 Å². The topological polar surface area (TPSA) is 84.1 Å². The Kier molecular flexibility index (Phi) is 3.76. The fourth-order valence-corrected chi connectivity index (χ4v) is 2.28. The molecule has 98 valence electrons. The van der Waals surface area contributed by atoms with Crippen molar-refractivity contribution in [2.45, 2.75) is 31.8 Å². The van der Waals surface area contributed by atoms with Crippen molar-refractivity contribution in [3.63, 3.8) is 0 Å². The minimum Gasteiger partial charge on any atom is -0.354 e. The Labute approximate surface area is 107 Å². The zero-order valence-corrected chi connectivity index (χ0v) is 10.8. The molecule has 2 unspecified atom stereocenters. The largest absolute Gasteiger partial charge is 0.354 e. The average molecular weight is 249 g/mol. The molecule has 0 aromatic carbocycles. The number of rotatable bonds is 2. The Balaban J connectivity index is 2.12. The Morgan fingerprint density at radius 1 is 1.50 bits per heavy atom. The molecule has 1 aliphatic heterocycles.